The molecule has 2 nitrogen and oxygen atoms in total. The number of rotatable bonds is 6. The number of hydrogen-bond acceptors (Lipinski definition) is 2. The lowest BCUT2D eigenvalue weighted by Crippen LogP contribution is -2.53. The topological polar surface area (TPSA) is 15.3 Å². The summed E-state index contributed by atoms with van der Waals surface area (Å²) in [5, 5.41) is 3.14. The van der Waals surface area contributed by atoms with Crippen LogP contribution in [0.3, 0.4) is 0 Å². The van der Waals surface area contributed by atoms with Gasteiger partial charge < -0.3 is 9.70 Å². The van der Waals surface area contributed by atoms with E-state index in [2.05, 4.69) is 70.8 Å². The first kappa shape index (κ1) is 18.2. The molecule has 0 fully saturated rings. The maximum absolute atomic E-state index is 14.7. The lowest BCUT2D eigenvalue weighted by Gasteiger charge is -2.32. The molecule has 0 aliphatic carbocycles. The molecule has 0 atom stereocenters. The van der Waals surface area contributed by atoms with E-state index >= 15 is 0 Å². The molecule has 0 saturated carbocycles. The molecule has 5 heteroatoms. The van der Waals surface area contributed by atoms with E-state index in [1.54, 1.807) is 0 Å². The van der Waals surface area contributed by atoms with E-state index < -0.39 is 15.5 Å². The summed E-state index contributed by atoms with van der Waals surface area (Å²) in [5.74, 6) is 0.742. The van der Waals surface area contributed by atoms with Crippen LogP contribution < -0.4 is 5.23 Å². The predicted octanol–water partition coefficient (Wildman–Crippen LogP) is 5.07. The average Bonchev–Trinajstić information content (AvgIpc) is 2.36. The van der Waals surface area contributed by atoms with Crippen LogP contribution in [0.25, 0.3) is 0 Å². The predicted molar refractivity (Wildman–Crippen MR) is 96.2 cm³/mol. The first-order valence-corrected chi connectivity index (χ1v) is 11.3. The van der Waals surface area contributed by atoms with Gasteiger partial charge in [-0.2, -0.15) is 0 Å². The number of nitrogens with zero attached hydrogens (tertiary/aromatic N) is 1. The average molecular weight is 308 g/mol. The minimum atomic E-state index is -1.67. The Kier molecular flexibility index (Phi) is 6.05. The molecule has 0 radical (unpaired) electrons. The minimum absolute atomic E-state index is 0.371. The second-order valence-corrected chi connectivity index (χ2v) is 12.4. The molecule has 0 bridgehead atoms. The van der Waals surface area contributed by atoms with Crippen molar-refractivity contribution in [3.63, 3.8) is 0 Å². The molecule has 21 heavy (non-hydrogen) atoms. The van der Waals surface area contributed by atoms with Crippen molar-refractivity contribution in [2.24, 2.45) is 0 Å². The monoisotopic (exact) mass is 308 g/mol. The van der Waals surface area contributed by atoms with Gasteiger partial charge in [-0.15, -0.1) is 0 Å². The van der Waals surface area contributed by atoms with E-state index in [-0.39, 0.29) is 0 Å². The van der Waals surface area contributed by atoms with Gasteiger partial charge in [-0.05, 0) is 30.0 Å². The fraction of sp³-hybridized carbons (Fsp3) is 0.625. The van der Waals surface area contributed by atoms with Gasteiger partial charge in [-0.1, -0.05) is 65.5 Å². The lowest BCUT2D eigenvalue weighted by molar-refractivity contribution is 0.660. The number of anilines is 1. The summed E-state index contributed by atoms with van der Waals surface area (Å²) in [6, 6.07) is 6.27. The van der Waals surface area contributed by atoms with E-state index in [1.807, 2.05) is 11.5 Å². The van der Waals surface area contributed by atoms with E-state index in [0.29, 0.717) is 11.8 Å². The number of hydrogen-bond donors (Lipinski definition) is 1. The Labute approximate surface area is 131 Å². The molecule has 0 amide bonds. The highest BCUT2D eigenvalue weighted by atomic mass is 28.3. The van der Waals surface area contributed by atoms with Crippen molar-refractivity contribution in [2.75, 3.05) is 12.3 Å². The highest BCUT2D eigenvalue weighted by Gasteiger charge is 2.33. The summed E-state index contributed by atoms with van der Waals surface area (Å²) in [4.78, 5) is 0. The molecule has 1 N–H and O–H groups in total. The van der Waals surface area contributed by atoms with Gasteiger partial charge in [0.05, 0.1) is 0 Å². The van der Waals surface area contributed by atoms with E-state index in [1.165, 1.54) is 11.1 Å². The summed E-state index contributed by atoms with van der Waals surface area (Å²) in [6.45, 7) is 15.1. The van der Waals surface area contributed by atoms with Crippen molar-refractivity contribution in [1.82, 2.24) is 4.48 Å². The van der Waals surface area contributed by atoms with Gasteiger partial charge in [0.15, 0.2) is 0 Å². The summed E-state index contributed by atoms with van der Waals surface area (Å²) < 4.78 is 16.6. The van der Waals surface area contributed by atoms with E-state index in [4.69, 9.17) is 0 Å². The largest absolute Gasteiger partial charge is 0.544 e. The van der Waals surface area contributed by atoms with Crippen LogP contribution in [-0.2, 0) is 0 Å². The maximum atomic E-state index is 14.7. The van der Waals surface area contributed by atoms with E-state index in [0.717, 1.165) is 5.69 Å². The second-order valence-electron chi connectivity index (χ2n) is 7.38. The zero-order chi connectivity index (χ0) is 16.4. The standard InChI is InChI=1S/C16H30BFN2Si/c1-12(2)14-10-9-11-15(13(3)4)16(14)19-17(18)20(5)21(6,7)8/h9-13,19H,1-8H3. The Morgan fingerprint density at radius 2 is 1.48 bits per heavy atom. The van der Waals surface area contributed by atoms with Crippen LogP contribution in [0, 0.1) is 0 Å². The molecule has 118 valence electrons. The van der Waals surface area contributed by atoms with Gasteiger partial charge in [0.25, 0.3) is 0 Å². The first-order chi connectivity index (χ1) is 9.55. The molecule has 0 aliphatic rings. The molecule has 0 spiro atoms. The summed E-state index contributed by atoms with van der Waals surface area (Å²) in [5.41, 5.74) is 3.35. The third-order valence-electron chi connectivity index (χ3n) is 4.03. The van der Waals surface area contributed by atoms with Gasteiger partial charge >= 0.3 is 7.26 Å². The first-order valence-electron chi connectivity index (χ1n) is 7.82. The number of nitrogens with one attached hydrogen (secondary N) is 1. The van der Waals surface area contributed by atoms with Crippen LogP contribution >= 0.6 is 0 Å². The van der Waals surface area contributed by atoms with Crippen LogP contribution in [0.4, 0.5) is 10.0 Å². The smallest absolute Gasteiger partial charge is 0.385 e. The molecule has 0 aromatic heterocycles. The molecule has 0 aliphatic heterocycles. The van der Waals surface area contributed by atoms with Crippen LogP contribution in [0.2, 0.25) is 19.6 Å². The fourth-order valence-electron chi connectivity index (χ4n) is 2.27. The second kappa shape index (κ2) is 6.97. The molecular weight excluding hydrogens is 278 g/mol. The van der Waals surface area contributed by atoms with Gasteiger partial charge in [0, 0.05) is 5.69 Å². The summed E-state index contributed by atoms with van der Waals surface area (Å²) in [7, 11) is -0.943. The minimum Gasteiger partial charge on any atom is -0.385 e. The van der Waals surface area contributed by atoms with Crippen LogP contribution in [0.15, 0.2) is 18.2 Å². The molecular formula is C16H30BFN2Si. The Morgan fingerprint density at radius 1 is 1.05 bits per heavy atom. The zero-order valence-electron chi connectivity index (χ0n) is 14.8. The fourth-order valence-corrected chi connectivity index (χ4v) is 3.02. The third kappa shape index (κ3) is 4.58. The van der Waals surface area contributed by atoms with Crippen molar-refractivity contribution in [3.8, 4) is 0 Å². The van der Waals surface area contributed by atoms with Crippen molar-refractivity contribution < 1.29 is 4.32 Å². The van der Waals surface area contributed by atoms with Crippen LogP contribution in [0.1, 0.15) is 50.7 Å². The quantitative estimate of drug-likeness (QED) is 0.738. The molecule has 1 aromatic rings. The normalized spacial score (nSPS) is 12.4. The molecule has 1 rings (SSSR count). The number of para-hydroxylation sites is 1. The van der Waals surface area contributed by atoms with Gasteiger partial charge in [-0.3, -0.25) is 4.32 Å². The molecule has 0 unspecified atom stereocenters. The Hall–Kier alpha value is -0.808. The number of benzene rings is 1. The Bertz CT molecular complexity index is 446. The lowest BCUT2D eigenvalue weighted by atomic mass is 9.90. The number of halogens is 1. The SMILES string of the molecule is CC(C)c1cccc(C(C)C)c1NB(F)N(C)[Si](C)(C)C. The van der Waals surface area contributed by atoms with Crippen molar-refractivity contribution in [3.05, 3.63) is 29.3 Å². The van der Waals surface area contributed by atoms with Gasteiger partial charge in [0.1, 0.15) is 8.24 Å². The van der Waals surface area contributed by atoms with Gasteiger partial charge in [0.2, 0.25) is 0 Å². The van der Waals surface area contributed by atoms with Crippen LogP contribution in [-0.4, -0.2) is 27.0 Å². The molecule has 1 aromatic carbocycles. The van der Waals surface area contributed by atoms with Crippen molar-refractivity contribution in [1.29, 1.82) is 0 Å². The zero-order valence-corrected chi connectivity index (χ0v) is 15.8. The van der Waals surface area contributed by atoms with Crippen LogP contribution in [0.5, 0.6) is 0 Å². The highest BCUT2D eigenvalue weighted by Crippen LogP contribution is 2.33. The maximum Gasteiger partial charge on any atom is 0.544 e. The van der Waals surface area contributed by atoms with Crippen molar-refractivity contribution >= 4 is 21.2 Å². The van der Waals surface area contributed by atoms with E-state index in [9.17, 15) is 4.32 Å². The van der Waals surface area contributed by atoms with Gasteiger partial charge in [-0.25, -0.2) is 0 Å². The summed E-state index contributed by atoms with van der Waals surface area (Å²) in [6.07, 6.45) is 0. The Balaban J connectivity index is 3.16. The third-order valence-corrected chi connectivity index (χ3v) is 6.38. The highest BCUT2D eigenvalue weighted by molar-refractivity contribution is 6.82. The summed E-state index contributed by atoms with van der Waals surface area (Å²) >= 11 is 0. The van der Waals surface area contributed by atoms with Crippen molar-refractivity contribution in [2.45, 2.75) is 59.2 Å². The molecule has 0 heterocycles. The Morgan fingerprint density at radius 3 is 1.81 bits per heavy atom. The molecule has 0 saturated heterocycles.